The molecule has 0 spiro atoms. The maximum Gasteiger partial charge on any atom is 0.161 e. The molecule has 94 valence electrons. The zero-order valence-electron chi connectivity index (χ0n) is 9.78. The predicted octanol–water partition coefficient (Wildman–Crippen LogP) is 3.58. The van der Waals surface area contributed by atoms with Gasteiger partial charge in [-0.25, -0.2) is 9.97 Å². The van der Waals surface area contributed by atoms with E-state index < -0.39 is 0 Å². The number of benzene rings is 1. The molecule has 0 aliphatic rings. The summed E-state index contributed by atoms with van der Waals surface area (Å²) in [7, 11) is 3.17. The monoisotopic (exact) mass is 328 g/mol. The second kappa shape index (κ2) is 5.54. The van der Waals surface area contributed by atoms with Crippen LogP contribution in [0.15, 0.2) is 28.9 Å². The highest BCUT2D eigenvalue weighted by molar-refractivity contribution is 9.10. The summed E-state index contributed by atoms with van der Waals surface area (Å²) in [6.45, 7) is 0. The number of ether oxygens (including phenoxy) is 2. The quantitative estimate of drug-likeness (QED) is 0.807. The van der Waals surface area contributed by atoms with Gasteiger partial charge in [-0.15, -0.1) is 0 Å². The molecule has 1 aromatic carbocycles. The van der Waals surface area contributed by atoms with Crippen molar-refractivity contribution in [1.82, 2.24) is 9.97 Å². The van der Waals surface area contributed by atoms with E-state index in [0.717, 1.165) is 5.56 Å². The highest BCUT2D eigenvalue weighted by atomic mass is 79.9. The van der Waals surface area contributed by atoms with Crippen LogP contribution in [0, 0.1) is 0 Å². The van der Waals surface area contributed by atoms with Crippen molar-refractivity contribution in [3.05, 3.63) is 34.0 Å². The van der Waals surface area contributed by atoms with Gasteiger partial charge >= 0.3 is 0 Å². The van der Waals surface area contributed by atoms with Gasteiger partial charge in [0, 0.05) is 11.8 Å². The molecular formula is C12H10BrClN2O2. The van der Waals surface area contributed by atoms with Crippen LogP contribution in [0.4, 0.5) is 0 Å². The standard InChI is InChI=1S/C12H10BrClN2O2/c1-17-9-4-3-7(5-10(9)18-2)12-15-6-8(13)11(14)16-12/h3-6H,1-2H3. The molecule has 1 aromatic heterocycles. The summed E-state index contributed by atoms with van der Waals surface area (Å²) in [5, 5.41) is 0.370. The van der Waals surface area contributed by atoms with Crippen molar-refractivity contribution in [3.63, 3.8) is 0 Å². The van der Waals surface area contributed by atoms with Crippen LogP contribution in [0.3, 0.4) is 0 Å². The Labute approximate surface area is 118 Å². The second-order valence-corrected chi connectivity index (χ2v) is 4.61. The van der Waals surface area contributed by atoms with Crippen LogP contribution in [-0.2, 0) is 0 Å². The summed E-state index contributed by atoms with van der Waals surface area (Å²) in [6, 6.07) is 5.45. The fourth-order valence-corrected chi connectivity index (χ4v) is 1.78. The van der Waals surface area contributed by atoms with E-state index in [4.69, 9.17) is 21.1 Å². The number of hydrogen-bond acceptors (Lipinski definition) is 4. The van der Waals surface area contributed by atoms with E-state index in [2.05, 4.69) is 25.9 Å². The van der Waals surface area contributed by atoms with Crippen LogP contribution in [0.2, 0.25) is 5.15 Å². The van der Waals surface area contributed by atoms with Gasteiger partial charge in [0.25, 0.3) is 0 Å². The molecule has 0 radical (unpaired) electrons. The summed E-state index contributed by atoms with van der Waals surface area (Å²) >= 11 is 9.19. The van der Waals surface area contributed by atoms with E-state index in [-0.39, 0.29) is 0 Å². The van der Waals surface area contributed by atoms with Gasteiger partial charge in [-0.3, -0.25) is 0 Å². The van der Waals surface area contributed by atoms with Crippen molar-refractivity contribution in [2.75, 3.05) is 14.2 Å². The molecule has 0 saturated heterocycles. The van der Waals surface area contributed by atoms with Crippen molar-refractivity contribution in [1.29, 1.82) is 0 Å². The van der Waals surface area contributed by atoms with E-state index >= 15 is 0 Å². The van der Waals surface area contributed by atoms with Crippen LogP contribution in [0.25, 0.3) is 11.4 Å². The van der Waals surface area contributed by atoms with E-state index in [9.17, 15) is 0 Å². The van der Waals surface area contributed by atoms with Crippen LogP contribution in [-0.4, -0.2) is 24.2 Å². The summed E-state index contributed by atoms with van der Waals surface area (Å²) in [5.41, 5.74) is 0.807. The summed E-state index contributed by atoms with van der Waals surface area (Å²) in [6.07, 6.45) is 1.61. The molecule has 0 aliphatic heterocycles. The lowest BCUT2D eigenvalue weighted by Crippen LogP contribution is -1.93. The molecule has 6 heteroatoms. The van der Waals surface area contributed by atoms with Crippen LogP contribution in [0.1, 0.15) is 0 Å². The Bertz CT molecular complexity index is 578. The Morgan fingerprint density at radius 1 is 1.17 bits per heavy atom. The molecule has 0 saturated carbocycles. The third-order valence-corrected chi connectivity index (χ3v) is 3.44. The zero-order valence-corrected chi connectivity index (χ0v) is 12.1. The average Bonchev–Trinajstić information content (AvgIpc) is 2.41. The molecule has 2 rings (SSSR count). The van der Waals surface area contributed by atoms with E-state index in [1.807, 2.05) is 6.07 Å². The van der Waals surface area contributed by atoms with E-state index in [1.165, 1.54) is 0 Å². The Morgan fingerprint density at radius 2 is 1.89 bits per heavy atom. The van der Waals surface area contributed by atoms with Crippen LogP contribution < -0.4 is 9.47 Å². The number of hydrogen-bond donors (Lipinski definition) is 0. The maximum absolute atomic E-state index is 5.94. The van der Waals surface area contributed by atoms with Gasteiger partial charge in [0.05, 0.1) is 18.7 Å². The molecule has 0 amide bonds. The van der Waals surface area contributed by atoms with E-state index in [0.29, 0.717) is 26.9 Å². The van der Waals surface area contributed by atoms with Gasteiger partial charge < -0.3 is 9.47 Å². The lowest BCUT2D eigenvalue weighted by molar-refractivity contribution is 0.355. The van der Waals surface area contributed by atoms with Crippen molar-refractivity contribution in [2.24, 2.45) is 0 Å². The average molecular weight is 330 g/mol. The molecule has 1 heterocycles. The smallest absolute Gasteiger partial charge is 0.161 e. The summed E-state index contributed by atoms with van der Waals surface area (Å²) in [5.74, 6) is 1.81. The lowest BCUT2D eigenvalue weighted by Gasteiger charge is -2.09. The molecule has 0 fully saturated rings. The molecule has 0 N–H and O–H groups in total. The Morgan fingerprint density at radius 3 is 2.50 bits per heavy atom. The zero-order chi connectivity index (χ0) is 13.1. The van der Waals surface area contributed by atoms with Gasteiger partial charge in [0.15, 0.2) is 17.3 Å². The van der Waals surface area contributed by atoms with Crippen molar-refractivity contribution in [2.45, 2.75) is 0 Å². The van der Waals surface area contributed by atoms with Crippen molar-refractivity contribution < 1.29 is 9.47 Å². The number of methoxy groups -OCH3 is 2. The van der Waals surface area contributed by atoms with Gasteiger partial charge in [-0.05, 0) is 34.1 Å². The topological polar surface area (TPSA) is 44.2 Å². The minimum Gasteiger partial charge on any atom is -0.493 e. The molecule has 4 nitrogen and oxygen atoms in total. The van der Waals surface area contributed by atoms with Gasteiger partial charge in [-0.2, -0.15) is 0 Å². The summed E-state index contributed by atoms with van der Waals surface area (Å²) < 4.78 is 11.1. The maximum atomic E-state index is 5.94. The number of nitrogens with zero attached hydrogens (tertiary/aromatic N) is 2. The third-order valence-electron chi connectivity index (χ3n) is 2.34. The third kappa shape index (κ3) is 2.57. The first-order valence-electron chi connectivity index (χ1n) is 5.06. The second-order valence-electron chi connectivity index (χ2n) is 3.40. The Kier molecular flexibility index (Phi) is 4.04. The lowest BCUT2D eigenvalue weighted by atomic mass is 10.2. The SMILES string of the molecule is COc1ccc(-c2ncc(Br)c(Cl)n2)cc1OC. The largest absolute Gasteiger partial charge is 0.493 e. The Balaban J connectivity index is 2.47. The molecule has 0 atom stereocenters. The summed E-state index contributed by atoms with van der Waals surface area (Å²) in [4.78, 5) is 8.39. The van der Waals surface area contributed by atoms with Gasteiger partial charge in [0.2, 0.25) is 0 Å². The molecule has 2 aromatic rings. The number of aromatic nitrogens is 2. The van der Waals surface area contributed by atoms with Gasteiger partial charge in [-0.1, -0.05) is 11.6 Å². The number of rotatable bonds is 3. The van der Waals surface area contributed by atoms with Crippen molar-refractivity contribution >= 4 is 27.5 Å². The molecule has 0 bridgehead atoms. The Hall–Kier alpha value is -1.33. The molecule has 18 heavy (non-hydrogen) atoms. The minimum atomic E-state index is 0.370. The highest BCUT2D eigenvalue weighted by Crippen LogP contribution is 2.31. The first kappa shape index (κ1) is 13.1. The fourth-order valence-electron chi connectivity index (χ4n) is 1.46. The van der Waals surface area contributed by atoms with E-state index in [1.54, 1.807) is 32.5 Å². The first-order chi connectivity index (χ1) is 8.65. The molecular weight excluding hydrogens is 320 g/mol. The first-order valence-corrected chi connectivity index (χ1v) is 6.23. The highest BCUT2D eigenvalue weighted by Gasteiger charge is 2.09. The van der Waals surface area contributed by atoms with Crippen molar-refractivity contribution in [3.8, 4) is 22.9 Å². The molecule has 0 aliphatic carbocycles. The molecule has 0 unspecified atom stereocenters. The number of halogens is 2. The predicted molar refractivity (Wildman–Crippen MR) is 73.3 cm³/mol. The fraction of sp³-hybridized carbons (Fsp3) is 0.167. The van der Waals surface area contributed by atoms with Crippen LogP contribution >= 0.6 is 27.5 Å². The van der Waals surface area contributed by atoms with Gasteiger partial charge in [0.1, 0.15) is 5.15 Å². The normalized spacial score (nSPS) is 10.2. The minimum absolute atomic E-state index is 0.370. The van der Waals surface area contributed by atoms with Crippen LogP contribution in [0.5, 0.6) is 11.5 Å².